The van der Waals surface area contributed by atoms with Gasteiger partial charge in [0.05, 0.1) is 18.3 Å². The summed E-state index contributed by atoms with van der Waals surface area (Å²) in [5.74, 6) is 0.236. The number of hydrogen-bond donors (Lipinski definition) is 2. The summed E-state index contributed by atoms with van der Waals surface area (Å²) in [6, 6.07) is 9.82. The van der Waals surface area contributed by atoms with Gasteiger partial charge in [0.1, 0.15) is 0 Å². The first kappa shape index (κ1) is 17.1. The van der Waals surface area contributed by atoms with E-state index in [1.807, 2.05) is 42.6 Å². The molecule has 1 fully saturated rings. The van der Waals surface area contributed by atoms with Crippen molar-refractivity contribution in [1.29, 1.82) is 0 Å². The molecule has 24 heavy (non-hydrogen) atoms. The molecule has 2 N–H and O–H groups in total. The molecule has 1 aromatic heterocycles. The largest absolute Gasteiger partial charge is 0.388 e. The van der Waals surface area contributed by atoms with Crippen LogP contribution in [0.25, 0.3) is 0 Å². The van der Waals surface area contributed by atoms with Crippen LogP contribution in [-0.4, -0.2) is 40.5 Å². The van der Waals surface area contributed by atoms with Crippen LogP contribution in [0.2, 0.25) is 0 Å². The molecule has 0 saturated carbocycles. The second kappa shape index (κ2) is 7.88. The van der Waals surface area contributed by atoms with Gasteiger partial charge in [-0.1, -0.05) is 30.3 Å². The third-order valence-electron chi connectivity index (χ3n) is 4.45. The fraction of sp³-hybridized carbons (Fsp3) is 0.444. The number of rotatable bonds is 5. The summed E-state index contributed by atoms with van der Waals surface area (Å²) in [6.45, 7) is 3.96. The highest BCUT2D eigenvalue weighted by Gasteiger charge is 2.27. The van der Waals surface area contributed by atoms with E-state index in [9.17, 15) is 9.90 Å². The first-order valence-electron chi connectivity index (χ1n) is 8.29. The van der Waals surface area contributed by atoms with Crippen LogP contribution >= 0.6 is 11.3 Å². The minimum absolute atomic E-state index is 0.0218. The fourth-order valence-corrected chi connectivity index (χ4v) is 3.83. The van der Waals surface area contributed by atoms with Crippen molar-refractivity contribution in [3.05, 3.63) is 47.0 Å². The number of aliphatic hydroxyl groups excluding tert-OH is 1. The van der Waals surface area contributed by atoms with Crippen LogP contribution in [-0.2, 0) is 4.79 Å². The highest BCUT2D eigenvalue weighted by atomic mass is 32.1. The SMILES string of the molecule is Cc1csc(NC(=O)CN2CCC([C@H](O)c3ccccc3)CC2)n1. The quantitative estimate of drug-likeness (QED) is 0.874. The molecule has 1 aromatic carbocycles. The molecule has 0 unspecified atom stereocenters. The Morgan fingerprint density at radius 3 is 2.71 bits per heavy atom. The van der Waals surface area contributed by atoms with Gasteiger partial charge in [0, 0.05) is 5.38 Å². The topological polar surface area (TPSA) is 65.5 Å². The molecule has 128 valence electrons. The standard InChI is InChI=1S/C18H23N3O2S/c1-13-12-24-18(19-13)20-16(22)11-21-9-7-15(8-10-21)17(23)14-5-3-2-4-6-14/h2-6,12,15,17,23H,7-11H2,1H3,(H,19,20,22)/t17-/m1/s1. The van der Waals surface area contributed by atoms with Crippen LogP contribution in [0, 0.1) is 12.8 Å². The highest BCUT2D eigenvalue weighted by Crippen LogP contribution is 2.30. The average molecular weight is 345 g/mol. The lowest BCUT2D eigenvalue weighted by atomic mass is 9.87. The number of nitrogens with zero attached hydrogens (tertiary/aromatic N) is 2. The van der Waals surface area contributed by atoms with E-state index in [-0.39, 0.29) is 11.8 Å². The lowest BCUT2D eigenvalue weighted by Gasteiger charge is -2.33. The van der Waals surface area contributed by atoms with Crippen molar-refractivity contribution in [1.82, 2.24) is 9.88 Å². The minimum atomic E-state index is -0.416. The number of carbonyl (C=O) groups excluding carboxylic acids is 1. The first-order chi connectivity index (χ1) is 11.6. The Morgan fingerprint density at radius 2 is 2.08 bits per heavy atom. The maximum atomic E-state index is 12.1. The second-order valence-electron chi connectivity index (χ2n) is 6.31. The molecule has 0 spiro atoms. The Bertz CT molecular complexity index is 666. The van der Waals surface area contributed by atoms with Crippen molar-refractivity contribution in [3.63, 3.8) is 0 Å². The van der Waals surface area contributed by atoms with Crippen LogP contribution in [0.3, 0.4) is 0 Å². The molecule has 3 rings (SSSR count). The van der Waals surface area contributed by atoms with Crippen LogP contribution in [0.4, 0.5) is 5.13 Å². The van der Waals surface area contributed by atoms with Gasteiger partial charge in [0.25, 0.3) is 0 Å². The summed E-state index contributed by atoms with van der Waals surface area (Å²) in [6.07, 6.45) is 1.39. The first-order valence-corrected chi connectivity index (χ1v) is 9.17. The molecule has 1 amide bonds. The molecular weight excluding hydrogens is 322 g/mol. The maximum Gasteiger partial charge on any atom is 0.240 e. The Hall–Kier alpha value is -1.76. The van der Waals surface area contributed by atoms with Gasteiger partial charge in [0.15, 0.2) is 5.13 Å². The van der Waals surface area contributed by atoms with Gasteiger partial charge in [-0.2, -0.15) is 0 Å². The lowest BCUT2D eigenvalue weighted by Crippen LogP contribution is -2.40. The Labute approximate surface area is 146 Å². The van der Waals surface area contributed by atoms with E-state index in [0.29, 0.717) is 11.7 Å². The number of anilines is 1. The summed E-state index contributed by atoms with van der Waals surface area (Å²) in [5.41, 5.74) is 1.90. The molecule has 6 heteroatoms. The Balaban J connectivity index is 1.46. The molecule has 2 heterocycles. The molecule has 0 bridgehead atoms. The molecular formula is C18H23N3O2S. The second-order valence-corrected chi connectivity index (χ2v) is 7.17. The van der Waals surface area contributed by atoms with Gasteiger partial charge < -0.3 is 10.4 Å². The van der Waals surface area contributed by atoms with Crippen molar-refractivity contribution < 1.29 is 9.90 Å². The number of aromatic nitrogens is 1. The third kappa shape index (κ3) is 4.41. The third-order valence-corrected chi connectivity index (χ3v) is 5.33. The van der Waals surface area contributed by atoms with Gasteiger partial charge in [-0.25, -0.2) is 4.98 Å². The summed E-state index contributed by atoms with van der Waals surface area (Å²) >= 11 is 1.45. The van der Waals surface area contributed by atoms with Gasteiger partial charge in [-0.15, -0.1) is 11.3 Å². The van der Waals surface area contributed by atoms with E-state index in [1.165, 1.54) is 11.3 Å². The molecule has 1 aliphatic heterocycles. The van der Waals surface area contributed by atoms with Crippen molar-refractivity contribution in [3.8, 4) is 0 Å². The summed E-state index contributed by atoms with van der Waals surface area (Å²) in [4.78, 5) is 18.5. The van der Waals surface area contributed by atoms with Crippen LogP contribution < -0.4 is 5.32 Å². The van der Waals surface area contributed by atoms with E-state index in [0.717, 1.165) is 37.2 Å². The van der Waals surface area contributed by atoms with Crippen LogP contribution in [0.1, 0.15) is 30.2 Å². The molecule has 1 aliphatic rings. The number of thiazole rings is 1. The normalized spacial score (nSPS) is 17.6. The maximum absolute atomic E-state index is 12.1. The number of likely N-dealkylation sites (tertiary alicyclic amines) is 1. The van der Waals surface area contributed by atoms with Crippen molar-refractivity contribution in [2.45, 2.75) is 25.9 Å². The van der Waals surface area contributed by atoms with Gasteiger partial charge >= 0.3 is 0 Å². The van der Waals surface area contributed by atoms with Gasteiger partial charge in [0.2, 0.25) is 5.91 Å². The van der Waals surface area contributed by atoms with Crippen molar-refractivity contribution >= 4 is 22.4 Å². The zero-order valence-corrected chi connectivity index (χ0v) is 14.6. The number of amides is 1. The molecule has 1 saturated heterocycles. The van der Waals surface area contributed by atoms with Crippen LogP contribution in [0.5, 0.6) is 0 Å². The van der Waals surface area contributed by atoms with E-state index in [1.54, 1.807) is 0 Å². The zero-order chi connectivity index (χ0) is 16.9. The monoisotopic (exact) mass is 345 g/mol. The number of aliphatic hydroxyl groups is 1. The van der Waals surface area contributed by atoms with E-state index < -0.39 is 6.10 Å². The zero-order valence-electron chi connectivity index (χ0n) is 13.8. The van der Waals surface area contributed by atoms with E-state index in [2.05, 4.69) is 15.2 Å². The molecule has 5 nitrogen and oxygen atoms in total. The number of hydrogen-bond acceptors (Lipinski definition) is 5. The number of carbonyl (C=O) groups is 1. The number of nitrogens with one attached hydrogen (secondary N) is 1. The predicted molar refractivity (Wildman–Crippen MR) is 96.0 cm³/mol. The Kier molecular flexibility index (Phi) is 5.60. The smallest absolute Gasteiger partial charge is 0.240 e. The minimum Gasteiger partial charge on any atom is -0.388 e. The van der Waals surface area contributed by atoms with E-state index >= 15 is 0 Å². The number of benzene rings is 1. The summed E-state index contributed by atoms with van der Waals surface area (Å²) < 4.78 is 0. The summed E-state index contributed by atoms with van der Waals surface area (Å²) in [7, 11) is 0. The number of aryl methyl sites for hydroxylation is 1. The Morgan fingerprint density at radius 1 is 1.38 bits per heavy atom. The van der Waals surface area contributed by atoms with Crippen molar-refractivity contribution in [2.24, 2.45) is 5.92 Å². The van der Waals surface area contributed by atoms with Gasteiger partial charge in [-0.3, -0.25) is 9.69 Å². The number of piperidine rings is 1. The molecule has 0 aliphatic carbocycles. The highest BCUT2D eigenvalue weighted by molar-refractivity contribution is 7.13. The van der Waals surface area contributed by atoms with Gasteiger partial charge in [-0.05, 0) is 44.3 Å². The lowest BCUT2D eigenvalue weighted by molar-refractivity contribution is -0.117. The molecule has 1 atom stereocenters. The van der Waals surface area contributed by atoms with Crippen LogP contribution in [0.15, 0.2) is 35.7 Å². The summed E-state index contributed by atoms with van der Waals surface area (Å²) in [5, 5.41) is 15.9. The van der Waals surface area contributed by atoms with Crippen molar-refractivity contribution in [2.75, 3.05) is 25.0 Å². The fourth-order valence-electron chi connectivity index (χ4n) is 3.12. The molecule has 2 aromatic rings. The average Bonchev–Trinajstić information content (AvgIpc) is 3.00. The molecule has 0 radical (unpaired) electrons. The van der Waals surface area contributed by atoms with E-state index in [4.69, 9.17) is 0 Å². The predicted octanol–water partition coefficient (Wildman–Crippen LogP) is 2.84.